The summed E-state index contributed by atoms with van der Waals surface area (Å²) < 4.78 is 28.1. The first-order chi connectivity index (χ1) is 18.7. The molecule has 39 heavy (non-hydrogen) atoms. The van der Waals surface area contributed by atoms with Gasteiger partial charge in [0.1, 0.15) is 17.2 Å². The highest BCUT2D eigenvalue weighted by atomic mass is 127. The van der Waals surface area contributed by atoms with Crippen molar-refractivity contribution in [3.8, 4) is 17.2 Å². The monoisotopic (exact) mass is 758 g/mol. The van der Waals surface area contributed by atoms with Crippen molar-refractivity contribution in [2.45, 2.75) is 32.6 Å². The first kappa shape index (κ1) is 30.7. The molecule has 3 rings (SSSR count). The highest BCUT2D eigenvalue weighted by Gasteiger charge is 2.11. The van der Waals surface area contributed by atoms with Gasteiger partial charge in [-0.2, -0.15) is 0 Å². The summed E-state index contributed by atoms with van der Waals surface area (Å²) in [4.78, 5) is 35.1. The highest BCUT2D eigenvalue weighted by Crippen LogP contribution is 2.29. The number of carbonyl (C=O) groups is 3. The topological polar surface area (TPSA) is 97.4 Å². The van der Waals surface area contributed by atoms with Crippen LogP contribution in [0.2, 0.25) is 0 Å². The number of carbonyl (C=O) groups excluding carboxylic acids is 3. The van der Waals surface area contributed by atoms with Crippen LogP contribution in [0.5, 0.6) is 17.2 Å². The normalized spacial score (nSPS) is 10.5. The zero-order chi connectivity index (χ0) is 28.2. The molecule has 3 aromatic rings. The van der Waals surface area contributed by atoms with Gasteiger partial charge in [0.25, 0.3) is 0 Å². The van der Waals surface area contributed by atoms with Gasteiger partial charge in [0.2, 0.25) is 0 Å². The van der Waals surface area contributed by atoms with Gasteiger partial charge in [0.05, 0.1) is 27.5 Å². The van der Waals surface area contributed by atoms with Crippen molar-refractivity contribution in [1.82, 2.24) is 0 Å². The van der Waals surface area contributed by atoms with E-state index in [9.17, 15) is 14.4 Å². The fourth-order valence-electron chi connectivity index (χ4n) is 3.55. The van der Waals surface area contributed by atoms with Crippen LogP contribution in [0, 0.1) is 7.14 Å². The Morgan fingerprint density at radius 2 is 1.21 bits per heavy atom. The number of esters is 2. The van der Waals surface area contributed by atoms with E-state index in [-0.39, 0.29) is 25.2 Å². The maximum Gasteiger partial charge on any atom is 0.513 e. The van der Waals surface area contributed by atoms with Crippen molar-refractivity contribution in [2.24, 2.45) is 0 Å². The van der Waals surface area contributed by atoms with Gasteiger partial charge in [-0.15, -0.1) is 0 Å². The molecule has 0 aromatic heterocycles. The molecule has 0 fully saturated rings. The molecular formula is C29H28I2O8. The maximum absolute atomic E-state index is 12.2. The minimum atomic E-state index is -0.797. The third-order valence-corrected chi connectivity index (χ3v) is 7.06. The van der Waals surface area contributed by atoms with Crippen LogP contribution in [0.25, 0.3) is 0 Å². The molecule has 0 amide bonds. The minimum absolute atomic E-state index is 0.145. The quantitative estimate of drug-likeness (QED) is 0.0919. The molecule has 0 bridgehead atoms. The summed E-state index contributed by atoms with van der Waals surface area (Å²) in [6.45, 7) is 1.75. The van der Waals surface area contributed by atoms with Crippen LogP contribution in [-0.2, 0) is 38.3 Å². The Labute approximate surface area is 254 Å². The minimum Gasteiger partial charge on any atom is -0.495 e. The maximum atomic E-state index is 12.2. The molecule has 8 nitrogen and oxygen atoms in total. The Morgan fingerprint density at radius 3 is 1.72 bits per heavy atom. The smallest absolute Gasteiger partial charge is 0.495 e. The number of rotatable bonds is 12. The van der Waals surface area contributed by atoms with Crippen molar-refractivity contribution in [3.63, 3.8) is 0 Å². The van der Waals surface area contributed by atoms with E-state index < -0.39 is 6.16 Å². The third kappa shape index (κ3) is 10.7. The molecule has 0 aliphatic rings. The number of ether oxygens (including phenoxy) is 5. The van der Waals surface area contributed by atoms with Crippen LogP contribution in [0.15, 0.2) is 60.7 Å². The molecule has 0 atom stereocenters. The summed E-state index contributed by atoms with van der Waals surface area (Å²) in [7, 11) is 1.64. The average molecular weight is 758 g/mol. The lowest BCUT2D eigenvalue weighted by atomic mass is 10.1. The van der Waals surface area contributed by atoms with Crippen LogP contribution in [0.3, 0.4) is 0 Å². The van der Waals surface area contributed by atoms with Gasteiger partial charge in [-0.25, -0.2) is 4.79 Å². The van der Waals surface area contributed by atoms with Gasteiger partial charge in [0.15, 0.2) is 0 Å². The first-order valence-electron chi connectivity index (χ1n) is 12.1. The molecular weight excluding hydrogens is 730 g/mol. The Kier molecular flexibility index (Phi) is 12.3. The first-order valence-corrected chi connectivity index (χ1v) is 14.3. The Bertz CT molecular complexity index is 1250. The molecule has 3 aromatic carbocycles. The SMILES string of the molecule is COc1c(I)cc(CCC(=O)OCCc2ccc(OC(=O)OCCc3ccc(OC(C)=O)cc3)cc2)cc1I. The van der Waals surface area contributed by atoms with Crippen molar-refractivity contribution >= 4 is 63.3 Å². The summed E-state index contributed by atoms with van der Waals surface area (Å²) in [6.07, 6.45) is 1.14. The van der Waals surface area contributed by atoms with Gasteiger partial charge in [-0.1, -0.05) is 24.3 Å². The fraction of sp³-hybridized carbons (Fsp3) is 0.276. The molecule has 0 unspecified atom stereocenters. The van der Waals surface area contributed by atoms with Gasteiger partial charge in [-0.3, -0.25) is 9.59 Å². The van der Waals surface area contributed by atoms with E-state index >= 15 is 0 Å². The zero-order valence-electron chi connectivity index (χ0n) is 21.5. The predicted octanol–water partition coefficient (Wildman–Crippen LogP) is 6.31. The lowest BCUT2D eigenvalue weighted by Gasteiger charge is -2.10. The zero-order valence-corrected chi connectivity index (χ0v) is 25.9. The van der Waals surface area contributed by atoms with E-state index in [0.717, 1.165) is 29.6 Å². The predicted molar refractivity (Wildman–Crippen MR) is 161 cm³/mol. The molecule has 0 heterocycles. The Balaban J connectivity index is 1.33. The molecule has 0 N–H and O–H groups in total. The van der Waals surface area contributed by atoms with Crippen molar-refractivity contribution in [1.29, 1.82) is 0 Å². The van der Waals surface area contributed by atoms with Gasteiger partial charge < -0.3 is 23.7 Å². The number of methoxy groups -OCH3 is 1. The summed E-state index contributed by atoms with van der Waals surface area (Å²) in [5.41, 5.74) is 2.93. The molecule has 0 aliphatic heterocycles. The fourth-order valence-corrected chi connectivity index (χ4v) is 5.88. The standard InChI is InChI=1S/C29H28I2O8/c1-19(32)38-23-8-3-21(4-9-23)14-16-37-29(34)39-24-10-5-20(6-11-24)13-15-36-27(33)12-7-22-17-25(30)28(35-2)26(31)18-22/h3-6,8-11,17-18H,7,12-16H2,1-2H3. The van der Waals surface area contributed by atoms with E-state index in [1.807, 2.05) is 24.3 Å². The summed E-state index contributed by atoms with van der Waals surface area (Å²) in [6, 6.07) is 17.9. The number of hydrogen-bond acceptors (Lipinski definition) is 8. The Morgan fingerprint density at radius 1 is 0.692 bits per heavy atom. The van der Waals surface area contributed by atoms with E-state index in [1.54, 1.807) is 43.5 Å². The lowest BCUT2D eigenvalue weighted by Crippen LogP contribution is -2.12. The summed E-state index contributed by atoms with van der Waals surface area (Å²) in [5.74, 6) is 1.03. The van der Waals surface area contributed by atoms with Crippen LogP contribution in [0.1, 0.15) is 30.0 Å². The molecule has 0 spiro atoms. The highest BCUT2D eigenvalue weighted by molar-refractivity contribution is 14.1. The van der Waals surface area contributed by atoms with E-state index in [1.165, 1.54) is 6.92 Å². The lowest BCUT2D eigenvalue weighted by molar-refractivity contribution is -0.143. The molecule has 206 valence electrons. The number of hydrogen-bond donors (Lipinski definition) is 0. The van der Waals surface area contributed by atoms with E-state index in [2.05, 4.69) is 45.2 Å². The second-order valence-corrected chi connectivity index (χ2v) is 10.7. The van der Waals surface area contributed by atoms with Crippen LogP contribution >= 0.6 is 45.2 Å². The van der Waals surface area contributed by atoms with Crippen molar-refractivity contribution in [3.05, 3.63) is 84.5 Å². The van der Waals surface area contributed by atoms with Crippen molar-refractivity contribution < 1.29 is 38.1 Å². The molecule has 0 radical (unpaired) electrons. The molecule has 0 saturated heterocycles. The van der Waals surface area contributed by atoms with Gasteiger partial charge >= 0.3 is 18.1 Å². The average Bonchev–Trinajstić information content (AvgIpc) is 2.89. The van der Waals surface area contributed by atoms with Crippen LogP contribution < -0.4 is 14.2 Å². The number of halogens is 2. The number of benzene rings is 3. The van der Waals surface area contributed by atoms with Crippen molar-refractivity contribution in [2.75, 3.05) is 20.3 Å². The summed E-state index contributed by atoms with van der Waals surface area (Å²) >= 11 is 4.45. The molecule has 0 saturated carbocycles. The Hall–Kier alpha value is -2.87. The van der Waals surface area contributed by atoms with E-state index in [0.29, 0.717) is 37.2 Å². The molecule has 0 aliphatic carbocycles. The largest absolute Gasteiger partial charge is 0.513 e. The second kappa shape index (κ2) is 15.7. The van der Waals surface area contributed by atoms with Gasteiger partial charge in [-0.05, 0) is 105 Å². The third-order valence-electron chi connectivity index (χ3n) is 5.45. The summed E-state index contributed by atoms with van der Waals surface area (Å²) in [5, 5.41) is 0. The van der Waals surface area contributed by atoms with Crippen LogP contribution in [-0.4, -0.2) is 38.4 Å². The van der Waals surface area contributed by atoms with E-state index in [4.69, 9.17) is 23.7 Å². The van der Waals surface area contributed by atoms with Crippen LogP contribution in [0.4, 0.5) is 4.79 Å². The number of aryl methyl sites for hydroxylation is 1. The molecule has 10 heteroatoms. The second-order valence-electron chi connectivity index (χ2n) is 8.40. The van der Waals surface area contributed by atoms with Gasteiger partial charge in [0, 0.05) is 26.2 Å².